The van der Waals surface area contributed by atoms with Gasteiger partial charge in [-0.25, -0.2) is 9.18 Å². The lowest BCUT2D eigenvalue weighted by atomic mass is 10.2. The second kappa shape index (κ2) is 10.7. The predicted octanol–water partition coefficient (Wildman–Crippen LogP) is 4.99. The molecule has 0 bridgehead atoms. The van der Waals surface area contributed by atoms with Crippen LogP contribution in [0.3, 0.4) is 0 Å². The maximum Gasteiger partial charge on any atom is 0.331 e. The Morgan fingerprint density at radius 3 is 2.32 bits per heavy atom. The van der Waals surface area contributed by atoms with Crippen LogP contribution in [0.25, 0.3) is 6.08 Å². The zero-order chi connectivity index (χ0) is 22.1. The average molecular weight is 419 g/mol. The van der Waals surface area contributed by atoms with Crippen molar-refractivity contribution in [3.63, 3.8) is 0 Å². The standard InChI is InChI=1S/C25H22FNO4/c1-18(31-24(28)16-9-19-7-10-21(26)11-8-19)25(29)27-22-12-14-23(15-13-22)30-17-20-5-3-2-4-6-20/h2-16,18H,17H2,1H3,(H,27,29)/b16-9+/t18-/m0/s1. The summed E-state index contributed by atoms with van der Waals surface area (Å²) in [7, 11) is 0. The van der Waals surface area contributed by atoms with E-state index in [0.29, 0.717) is 23.6 Å². The van der Waals surface area contributed by atoms with Crippen LogP contribution in [0.1, 0.15) is 18.1 Å². The predicted molar refractivity (Wildman–Crippen MR) is 117 cm³/mol. The third kappa shape index (κ3) is 7.12. The average Bonchev–Trinajstić information content (AvgIpc) is 2.79. The Bertz CT molecular complexity index is 1030. The van der Waals surface area contributed by atoms with Crippen molar-refractivity contribution in [1.82, 2.24) is 0 Å². The Hall–Kier alpha value is -3.93. The van der Waals surface area contributed by atoms with Gasteiger partial charge in [0.25, 0.3) is 5.91 Å². The zero-order valence-corrected chi connectivity index (χ0v) is 17.0. The summed E-state index contributed by atoms with van der Waals surface area (Å²) in [5.41, 5.74) is 2.26. The van der Waals surface area contributed by atoms with Crippen LogP contribution in [0.15, 0.2) is 84.9 Å². The first-order valence-electron chi connectivity index (χ1n) is 9.71. The second-order valence-corrected chi connectivity index (χ2v) is 6.75. The van der Waals surface area contributed by atoms with Crippen molar-refractivity contribution in [2.24, 2.45) is 0 Å². The highest BCUT2D eigenvalue weighted by Crippen LogP contribution is 2.17. The molecule has 3 aromatic rings. The van der Waals surface area contributed by atoms with Crippen LogP contribution in [-0.2, 0) is 20.9 Å². The fourth-order valence-corrected chi connectivity index (χ4v) is 2.62. The largest absolute Gasteiger partial charge is 0.489 e. The van der Waals surface area contributed by atoms with Crippen LogP contribution in [0.2, 0.25) is 0 Å². The summed E-state index contributed by atoms with van der Waals surface area (Å²) in [5, 5.41) is 2.69. The molecule has 0 spiro atoms. The van der Waals surface area contributed by atoms with Gasteiger partial charge in [0, 0.05) is 11.8 Å². The molecule has 0 saturated heterocycles. The van der Waals surface area contributed by atoms with Crippen LogP contribution < -0.4 is 10.1 Å². The van der Waals surface area contributed by atoms with Gasteiger partial charge in [-0.1, -0.05) is 42.5 Å². The number of amides is 1. The normalized spacial score (nSPS) is 11.7. The highest BCUT2D eigenvalue weighted by atomic mass is 19.1. The molecule has 0 aliphatic heterocycles. The number of benzene rings is 3. The molecule has 0 aliphatic carbocycles. The minimum atomic E-state index is -0.987. The molecule has 0 aromatic heterocycles. The number of carbonyl (C=O) groups excluding carboxylic acids is 2. The second-order valence-electron chi connectivity index (χ2n) is 6.75. The van der Waals surface area contributed by atoms with Gasteiger partial charge in [0.1, 0.15) is 18.2 Å². The number of hydrogen-bond acceptors (Lipinski definition) is 4. The van der Waals surface area contributed by atoms with Gasteiger partial charge in [-0.3, -0.25) is 4.79 Å². The van der Waals surface area contributed by atoms with E-state index in [2.05, 4.69) is 5.32 Å². The Kier molecular flexibility index (Phi) is 7.54. The van der Waals surface area contributed by atoms with Crippen molar-refractivity contribution < 1.29 is 23.5 Å². The van der Waals surface area contributed by atoms with Gasteiger partial charge in [-0.15, -0.1) is 0 Å². The summed E-state index contributed by atoms with van der Waals surface area (Å²) in [6.45, 7) is 1.93. The number of halogens is 1. The van der Waals surface area contributed by atoms with Crippen LogP contribution in [0, 0.1) is 5.82 Å². The van der Waals surface area contributed by atoms with E-state index in [4.69, 9.17) is 9.47 Å². The molecule has 3 aromatic carbocycles. The van der Waals surface area contributed by atoms with Crippen molar-refractivity contribution in [2.45, 2.75) is 19.6 Å². The van der Waals surface area contributed by atoms with Gasteiger partial charge in [0.15, 0.2) is 6.10 Å². The van der Waals surface area contributed by atoms with Crippen LogP contribution >= 0.6 is 0 Å². The van der Waals surface area contributed by atoms with Gasteiger partial charge < -0.3 is 14.8 Å². The van der Waals surface area contributed by atoms with E-state index >= 15 is 0 Å². The fraction of sp³-hybridized carbons (Fsp3) is 0.120. The maximum atomic E-state index is 12.9. The summed E-state index contributed by atoms with van der Waals surface area (Å²) in [6, 6.07) is 22.4. The SMILES string of the molecule is C[C@H](OC(=O)/C=C/c1ccc(F)cc1)C(=O)Nc1ccc(OCc2ccccc2)cc1. The molecular weight excluding hydrogens is 397 g/mol. The number of nitrogens with one attached hydrogen (secondary N) is 1. The Labute approximate surface area is 180 Å². The Morgan fingerprint density at radius 2 is 1.65 bits per heavy atom. The highest BCUT2D eigenvalue weighted by Gasteiger charge is 2.16. The van der Waals surface area contributed by atoms with Crippen LogP contribution in [0.5, 0.6) is 5.75 Å². The minimum Gasteiger partial charge on any atom is -0.489 e. The van der Waals surface area contributed by atoms with E-state index in [0.717, 1.165) is 5.56 Å². The van der Waals surface area contributed by atoms with Gasteiger partial charge in [0.2, 0.25) is 0 Å². The number of hydrogen-bond donors (Lipinski definition) is 1. The number of esters is 1. The molecule has 0 fully saturated rings. The molecule has 0 heterocycles. The van der Waals surface area contributed by atoms with E-state index in [1.807, 2.05) is 30.3 Å². The first-order valence-corrected chi connectivity index (χ1v) is 9.71. The van der Waals surface area contributed by atoms with E-state index in [-0.39, 0.29) is 5.82 Å². The molecule has 0 unspecified atom stereocenters. The molecular formula is C25H22FNO4. The smallest absolute Gasteiger partial charge is 0.331 e. The summed E-state index contributed by atoms with van der Waals surface area (Å²) in [4.78, 5) is 24.2. The van der Waals surface area contributed by atoms with Crippen molar-refractivity contribution in [3.05, 3.63) is 102 Å². The topological polar surface area (TPSA) is 64.6 Å². The molecule has 158 valence electrons. The van der Waals surface area contributed by atoms with Crippen molar-refractivity contribution in [3.8, 4) is 5.75 Å². The number of rotatable bonds is 8. The van der Waals surface area contributed by atoms with Gasteiger partial charge in [-0.05, 0) is 60.5 Å². The lowest BCUT2D eigenvalue weighted by molar-refractivity contribution is -0.148. The monoisotopic (exact) mass is 419 g/mol. The van der Waals surface area contributed by atoms with E-state index in [9.17, 15) is 14.0 Å². The zero-order valence-electron chi connectivity index (χ0n) is 17.0. The fourth-order valence-electron chi connectivity index (χ4n) is 2.62. The van der Waals surface area contributed by atoms with Crippen LogP contribution in [-0.4, -0.2) is 18.0 Å². The molecule has 1 amide bonds. The molecule has 1 N–H and O–H groups in total. The highest BCUT2D eigenvalue weighted by molar-refractivity contribution is 5.96. The third-order valence-electron chi connectivity index (χ3n) is 4.31. The van der Waals surface area contributed by atoms with E-state index < -0.39 is 18.0 Å². The molecule has 0 aliphatic rings. The van der Waals surface area contributed by atoms with Crippen molar-refractivity contribution in [1.29, 1.82) is 0 Å². The molecule has 6 heteroatoms. The van der Waals surface area contributed by atoms with Gasteiger partial charge >= 0.3 is 5.97 Å². The minimum absolute atomic E-state index is 0.360. The van der Waals surface area contributed by atoms with E-state index in [1.165, 1.54) is 43.3 Å². The summed E-state index contributed by atoms with van der Waals surface area (Å²) < 4.78 is 23.7. The Morgan fingerprint density at radius 1 is 0.968 bits per heavy atom. The molecule has 3 rings (SSSR count). The maximum absolute atomic E-state index is 12.9. The van der Waals surface area contributed by atoms with Crippen LogP contribution in [0.4, 0.5) is 10.1 Å². The van der Waals surface area contributed by atoms with E-state index in [1.54, 1.807) is 24.3 Å². The van der Waals surface area contributed by atoms with Crippen molar-refractivity contribution in [2.75, 3.05) is 5.32 Å². The number of anilines is 1. The lowest BCUT2D eigenvalue weighted by Gasteiger charge is -2.13. The summed E-state index contributed by atoms with van der Waals surface area (Å²) in [6.07, 6.45) is 1.69. The summed E-state index contributed by atoms with van der Waals surface area (Å²) >= 11 is 0. The molecule has 1 atom stereocenters. The molecule has 0 radical (unpaired) electrons. The molecule has 5 nitrogen and oxygen atoms in total. The molecule has 31 heavy (non-hydrogen) atoms. The lowest BCUT2D eigenvalue weighted by Crippen LogP contribution is -2.29. The first kappa shape index (κ1) is 21.8. The number of carbonyl (C=O) groups is 2. The molecule has 0 saturated carbocycles. The quantitative estimate of drug-likeness (QED) is 0.413. The van der Waals surface area contributed by atoms with Crippen molar-refractivity contribution >= 4 is 23.6 Å². The van der Waals surface area contributed by atoms with Gasteiger partial charge in [0.05, 0.1) is 0 Å². The summed E-state index contributed by atoms with van der Waals surface area (Å²) in [5.74, 6) is -0.814. The number of ether oxygens (including phenoxy) is 2. The first-order chi connectivity index (χ1) is 15.0. The van der Waals surface area contributed by atoms with Gasteiger partial charge in [-0.2, -0.15) is 0 Å². The Balaban J connectivity index is 1.46. The third-order valence-corrected chi connectivity index (χ3v) is 4.31.